The molecule has 1 aliphatic rings. The molecule has 0 N–H and O–H groups in total. The zero-order valence-corrected chi connectivity index (χ0v) is 14.2. The van der Waals surface area contributed by atoms with E-state index in [1.165, 1.54) is 0 Å². The summed E-state index contributed by atoms with van der Waals surface area (Å²) in [6, 6.07) is 4.01. The molecule has 116 valence electrons. The van der Waals surface area contributed by atoms with Crippen molar-refractivity contribution in [2.45, 2.75) is 13.0 Å². The summed E-state index contributed by atoms with van der Waals surface area (Å²) < 4.78 is 2.63. The third kappa shape index (κ3) is 2.85. The Morgan fingerprint density at radius 1 is 1.41 bits per heavy atom. The third-order valence-electron chi connectivity index (χ3n) is 3.88. The minimum atomic E-state index is 0.0420. The highest BCUT2D eigenvalue weighted by Gasteiger charge is 2.29. The van der Waals surface area contributed by atoms with E-state index in [0.29, 0.717) is 12.1 Å². The number of halogens is 1. The molecule has 2 aromatic heterocycles. The smallest absolute Gasteiger partial charge is 0.257 e. The molecule has 0 aromatic carbocycles. The zero-order valence-electron chi connectivity index (χ0n) is 12.6. The summed E-state index contributed by atoms with van der Waals surface area (Å²) >= 11 is 3.54. The standard InChI is InChI=1S/C15H18BrN5O/c1-11-9-20(14-13(16)4-3-5-17-14)6-7-21(11)15(22)12-8-18-19(2)10-12/h3-5,8,10-11H,6-7,9H2,1-2H3. The molecule has 1 saturated heterocycles. The minimum absolute atomic E-state index is 0.0420. The molecule has 22 heavy (non-hydrogen) atoms. The fraction of sp³-hybridized carbons (Fsp3) is 0.400. The van der Waals surface area contributed by atoms with Crippen molar-refractivity contribution in [3.05, 3.63) is 40.8 Å². The van der Waals surface area contributed by atoms with Crippen LogP contribution in [0.2, 0.25) is 0 Å². The lowest BCUT2D eigenvalue weighted by molar-refractivity contribution is 0.0673. The van der Waals surface area contributed by atoms with Crippen LogP contribution in [0.25, 0.3) is 0 Å². The number of rotatable bonds is 2. The van der Waals surface area contributed by atoms with Gasteiger partial charge in [-0.3, -0.25) is 9.48 Å². The molecule has 0 bridgehead atoms. The second kappa shape index (κ2) is 6.08. The van der Waals surface area contributed by atoms with Crippen molar-refractivity contribution >= 4 is 27.7 Å². The number of amides is 1. The molecule has 0 radical (unpaired) electrons. The fourth-order valence-corrected chi connectivity index (χ4v) is 3.26. The Bertz CT molecular complexity index is 686. The molecule has 7 heteroatoms. The molecular weight excluding hydrogens is 346 g/mol. The Morgan fingerprint density at radius 2 is 2.23 bits per heavy atom. The van der Waals surface area contributed by atoms with Crippen molar-refractivity contribution in [1.82, 2.24) is 19.7 Å². The Hall–Kier alpha value is -1.89. The first-order valence-corrected chi connectivity index (χ1v) is 8.00. The lowest BCUT2D eigenvalue weighted by atomic mass is 10.1. The lowest BCUT2D eigenvalue weighted by Gasteiger charge is -2.40. The number of pyridine rings is 1. The quantitative estimate of drug-likeness (QED) is 0.817. The van der Waals surface area contributed by atoms with Crippen LogP contribution >= 0.6 is 15.9 Å². The van der Waals surface area contributed by atoms with Gasteiger partial charge in [0.2, 0.25) is 0 Å². The second-order valence-electron chi connectivity index (χ2n) is 5.51. The van der Waals surface area contributed by atoms with Crippen LogP contribution in [0.4, 0.5) is 5.82 Å². The van der Waals surface area contributed by atoms with Gasteiger partial charge in [-0.15, -0.1) is 0 Å². The molecule has 2 aromatic rings. The number of hydrogen-bond acceptors (Lipinski definition) is 4. The van der Waals surface area contributed by atoms with Gasteiger partial charge in [-0.2, -0.15) is 5.10 Å². The first kappa shape index (κ1) is 15.0. The van der Waals surface area contributed by atoms with Gasteiger partial charge in [0.15, 0.2) is 0 Å². The number of piperazine rings is 1. The molecule has 0 spiro atoms. The average molecular weight is 364 g/mol. The minimum Gasteiger partial charge on any atom is -0.352 e. The first-order chi connectivity index (χ1) is 10.6. The number of aryl methyl sites for hydroxylation is 1. The molecule has 0 aliphatic carbocycles. The SMILES string of the molecule is CC1CN(c2ncccc2Br)CCN1C(=O)c1cnn(C)c1. The van der Waals surface area contributed by atoms with Gasteiger partial charge in [-0.25, -0.2) is 4.98 Å². The monoisotopic (exact) mass is 363 g/mol. The highest BCUT2D eigenvalue weighted by Crippen LogP contribution is 2.25. The number of carbonyl (C=O) groups excluding carboxylic acids is 1. The summed E-state index contributed by atoms with van der Waals surface area (Å²) in [4.78, 5) is 21.1. The van der Waals surface area contributed by atoms with Crippen LogP contribution in [0.15, 0.2) is 35.2 Å². The number of carbonyl (C=O) groups is 1. The molecule has 6 nitrogen and oxygen atoms in total. The van der Waals surface area contributed by atoms with Crippen LogP contribution in [-0.2, 0) is 7.05 Å². The molecule has 3 rings (SSSR count). The number of hydrogen-bond donors (Lipinski definition) is 0. The fourth-order valence-electron chi connectivity index (χ4n) is 2.76. The molecule has 1 unspecified atom stereocenters. The highest BCUT2D eigenvalue weighted by atomic mass is 79.9. The molecule has 1 fully saturated rings. The van der Waals surface area contributed by atoms with E-state index in [0.717, 1.165) is 23.4 Å². The van der Waals surface area contributed by atoms with Crippen LogP contribution < -0.4 is 4.90 Å². The van der Waals surface area contributed by atoms with Crippen molar-refractivity contribution in [3.8, 4) is 0 Å². The molecule has 0 saturated carbocycles. The van der Waals surface area contributed by atoms with E-state index < -0.39 is 0 Å². The van der Waals surface area contributed by atoms with Crippen molar-refractivity contribution in [2.75, 3.05) is 24.5 Å². The maximum atomic E-state index is 12.6. The van der Waals surface area contributed by atoms with Gasteiger partial charge < -0.3 is 9.80 Å². The van der Waals surface area contributed by atoms with Gasteiger partial charge >= 0.3 is 0 Å². The van der Waals surface area contributed by atoms with E-state index in [4.69, 9.17) is 0 Å². The summed E-state index contributed by atoms with van der Waals surface area (Å²) in [7, 11) is 1.82. The Balaban J connectivity index is 1.73. The Labute approximate surface area is 137 Å². The van der Waals surface area contributed by atoms with Crippen LogP contribution in [0.5, 0.6) is 0 Å². The summed E-state index contributed by atoms with van der Waals surface area (Å²) in [5.41, 5.74) is 0.641. The molecule has 1 atom stereocenters. The maximum absolute atomic E-state index is 12.6. The van der Waals surface area contributed by atoms with Crippen molar-refractivity contribution in [2.24, 2.45) is 7.05 Å². The Morgan fingerprint density at radius 3 is 2.86 bits per heavy atom. The van der Waals surface area contributed by atoms with E-state index in [2.05, 4.69) is 37.8 Å². The predicted molar refractivity (Wildman–Crippen MR) is 87.9 cm³/mol. The second-order valence-corrected chi connectivity index (χ2v) is 6.36. The van der Waals surface area contributed by atoms with E-state index in [-0.39, 0.29) is 11.9 Å². The zero-order chi connectivity index (χ0) is 15.7. The number of anilines is 1. The van der Waals surface area contributed by atoms with Crippen LogP contribution in [-0.4, -0.2) is 51.2 Å². The largest absolute Gasteiger partial charge is 0.352 e. The van der Waals surface area contributed by atoms with Crippen LogP contribution in [0, 0.1) is 0 Å². The molecule has 3 heterocycles. The number of nitrogens with zero attached hydrogens (tertiary/aromatic N) is 5. The van der Waals surface area contributed by atoms with Gasteiger partial charge in [-0.05, 0) is 35.0 Å². The topological polar surface area (TPSA) is 54.3 Å². The molecule has 1 amide bonds. The average Bonchev–Trinajstić information content (AvgIpc) is 2.93. The van der Waals surface area contributed by atoms with E-state index in [1.54, 1.807) is 23.3 Å². The van der Waals surface area contributed by atoms with E-state index in [1.807, 2.05) is 24.1 Å². The third-order valence-corrected chi connectivity index (χ3v) is 4.50. The summed E-state index contributed by atoms with van der Waals surface area (Å²) in [5.74, 6) is 0.975. The Kier molecular flexibility index (Phi) is 4.15. The summed E-state index contributed by atoms with van der Waals surface area (Å²) in [5, 5.41) is 4.07. The van der Waals surface area contributed by atoms with Crippen LogP contribution in [0.1, 0.15) is 17.3 Å². The van der Waals surface area contributed by atoms with Gasteiger partial charge in [0.1, 0.15) is 5.82 Å². The molecule has 1 aliphatic heterocycles. The van der Waals surface area contributed by atoms with Crippen molar-refractivity contribution in [3.63, 3.8) is 0 Å². The van der Waals surface area contributed by atoms with E-state index >= 15 is 0 Å². The lowest BCUT2D eigenvalue weighted by Crippen LogP contribution is -2.54. The highest BCUT2D eigenvalue weighted by molar-refractivity contribution is 9.10. The number of aromatic nitrogens is 3. The molecular formula is C15H18BrN5O. The van der Waals surface area contributed by atoms with Gasteiger partial charge in [0.25, 0.3) is 5.91 Å². The maximum Gasteiger partial charge on any atom is 0.257 e. The normalized spacial score (nSPS) is 18.6. The van der Waals surface area contributed by atoms with Crippen molar-refractivity contribution < 1.29 is 4.79 Å². The predicted octanol–water partition coefficient (Wildman–Crippen LogP) is 1.93. The summed E-state index contributed by atoms with van der Waals surface area (Å²) in [6.07, 6.45) is 5.17. The van der Waals surface area contributed by atoms with Gasteiger partial charge in [0, 0.05) is 45.1 Å². The van der Waals surface area contributed by atoms with Gasteiger partial charge in [-0.1, -0.05) is 0 Å². The van der Waals surface area contributed by atoms with Crippen LogP contribution in [0.3, 0.4) is 0 Å². The first-order valence-electron chi connectivity index (χ1n) is 7.21. The van der Waals surface area contributed by atoms with Crippen molar-refractivity contribution in [1.29, 1.82) is 0 Å². The summed E-state index contributed by atoms with van der Waals surface area (Å²) in [6.45, 7) is 4.28. The van der Waals surface area contributed by atoms with E-state index in [9.17, 15) is 4.79 Å². The van der Waals surface area contributed by atoms with Gasteiger partial charge in [0.05, 0.1) is 16.2 Å².